The summed E-state index contributed by atoms with van der Waals surface area (Å²) in [4.78, 5) is 10.6. The molecule has 2 N–H and O–H groups in total. The third-order valence-corrected chi connectivity index (χ3v) is 4.01. The van der Waals surface area contributed by atoms with Gasteiger partial charge in [-0.2, -0.15) is 5.26 Å². The van der Waals surface area contributed by atoms with Crippen molar-refractivity contribution in [1.82, 2.24) is 0 Å². The van der Waals surface area contributed by atoms with Crippen molar-refractivity contribution in [3.8, 4) is 6.07 Å². The van der Waals surface area contributed by atoms with E-state index in [-0.39, 0.29) is 23.5 Å². The van der Waals surface area contributed by atoms with Crippen LogP contribution in [0.25, 0.3) is 0 Å². The maximum absolute atomic E-state index is 11.1. The first kappa shape index (κ1) is 15.3. The molecule has 6 nitrogen and oxygen atoms in total. The summed E-state index contributed by atoms with van der Waals surface area (Å²) in [6.07, 6.45) is 3.44. The van der Waals surface area contributed by atoms with Crippen molar-refractivity contribution >= 4 is 11.4 Å². The van der Waals surface area contributed by atoms with Crippen LogP contribution >= 0.6 is 0 Å². The third kappa shape index (κ3) is 3.50. The van der Waals surface area contributed by atoms with Crippen LogP contribution in [0.1, 0.15) is 38.2 Å². The van der Waals surface area contributed by atoms with Crippen molar-refractivity contribution in [2.24, 2.45) is 5.92 Å². The molecule has 1 aromatic carbocycles. The maximum Gasteiger partial charge on any atom is 0.309 e. The van der Waals surface area contributed by atoms with Crippen molar-refractivity contribution in [3.05, 3.63) is 33.9 Å². The number of nitro groups is 1. The Balaban J connectivity index is 2.17. The van der Waals surface area contributed by atoms with Gasteiger partial charge in [0.15, 0.2) is 0 Å². The minimum absolute atomic E-state index is 0.0222. The Bertz CT molecular complexity index is 582. The predicted octanol–water partition coefficient (Wildman–Crippen LogP) is 2.82. The van der Waals surface area contributed by atoms with Crippen LogP contribution in [0.15, 0.2) is 18.2 Å². The largest absolute Gasteiger partial charge is 0.388 e. The fraction of sp³-hybridized carbons (Fsp3) is 0.533. The zero-order chi connectivity index (χ0) is 15.5. The lowest BCUT2D eigenvalue weighted by Crippen LogP contribution is -2.41. The highest BCUT2D eigenvalue weighted by Crippen LogP contribution is 2.34. The number of nitro benzene ring substituents is 1. The Morgan fingerprint density at radius 1 is 1.62 bits per heavy atom. The lowest BCUT2D eigenvalue weighted by molar-refractivity contribution is -0.384. The number of anilines is 1. The summed E-state index contributed by atoms with van der Waals surface area (Å²) in [6, 6.07) is 6.41. The van der Waals surface area contributed by atoms with Crippen LogP contribution in [0.5, 0.6) is 0 Å². The lowest BCUT2D eigenvalue weighted by Gasteiger charge is -2.35. The van der Waals surface area contributed by atoms with Gasteiger partial charge in [-0.05, 0) is 30.9 Å². The molecule has 0 heterocycles. The number of nitrogens with one attached hydrogen (secondary N) is 1. The van der Waals surface area contributed by atoms with Gasteiger partial charge in [-0.15, -0.1) is 0 Å². The molecule has 0 saturated heterocycles. The van der Waals surface area contributed by atoms with E-state index in [0.29, 0.717) is 18.8 Å². The Morgan fingerprint density at radius 2 is 2.38 bits per heavy atom. The van der Waals surface area contributed by atoms with Gasteiger partial charge in [0.1, 0.15) is 17.3 Å². The molecule has 0 aromatic heterocycles. The van der Waals surface area contributed by atoms with Gasteiger partial charge in [0.2, 0.25) is 0 Å². The van der Waals surface area contributed by atoms with Crippen molar-refractivity contribution in [2.45, 2.75) is 38.2 Å². The summed E-state index contributed by atoms with van der Waals surface area (Å²) < 4.78 is 0. The monoisotopic (exact) mass is 289 g/mol. The molecule has 2 rings (SSSR count). The van der Waals surface area contributed by atoms with Crippen molar-refractivity contribution in [3.63, 3.8) is 0 Å². The van der Waals surface area contributed by atoms with E-state index in [1.807, 2.05) is 6.07 Å². The fourth-order valence-corrected chi connectivity index (χ4v) is 3.03. The Morgan fingerprint density at radius 3 is 3.00 bits per heavy atom. The van der Waals surface area contributed by atoms with E-state index in [2.05, 4.69) is 12.2 Å². The maximum atomic E-state index is 11.1. The van der Waals surface area contributed by atoms with Crippen LogP contribution in [0.3, 0.4) is 0 Å². The first-order valence-corrected chi connectivity index (χ1v) is 7.09. The second kappa shape index (κ2) is 6.10. The second-order valence-electron chi connectivity index (χ2n) is 5.85. The van der Waals surface area contributed by atoms with Crippen LogP contribution in [0, 0.1) is 27.4 Å². The van der Waals surface area contributed by atoms with E-state index in [1.165, 1.54) is 6.07 Å². The number of hydrogen-bond acceptors (Lipinski definition) is 5. The van der Waals surface area contributed by atoms with E-state index >= 15 is 0 Å². The Kier molecular flexibility index (Phi) is 4.43. The number of aliphatic hydroxyl groups is 1. The molecule has 0 bridgehead atoms. The van der Waals surface area contributed by atoms with E-state index in [4.69, 9.17) is 5.26 Å². The van der Waals surface area contributed by atoms with Gasteiger partial charge < -0.3 is 10.4 Å². The van der Waals surface area contributed by atoms with E-state index in [1.54, 1.807) is 12.1 Å². The first-order chi connectivity index (χ1) is 9.95. The van der Waals surface area contributed by atoms with Crippen LogP contribution < -0.4 is 5.32 Å². The standard InChI is InChI=1S/C15H19N3O3/c1-11-4-3-7-15(19,8-11)10-17-13-6-2-5-12(9-16)14(13)18(20)21/h2,5-6,11,17,19H,3-4,7-8,10H2,1H3. The van der Waals surface area contributed by atoms with Crippen molar-refractivity contribution in [1.29, 1.82) is 5.26 Å². The quantitative estimate of drug-likeness (QED) is 0.656. The van der Waals surface area contributed by atoms with Crippen molar-refractivity contribution in [2.75, 3.05) is 11.9 Å². The predicted molar refractivity (Wildman–Crippen MR) is 78.9 cm³/mol. The van der Waals surface area contributed by atoms with Crippen LogP contribution in [-0.4, -0.2) is 22.2 Å². The molecule has 2 atom stereocenters. The minimum Gasteiger partial charge on any atom is -0.388 e. The average Bonchev–Trinajstić information content (AvgIpc) is 2.44. The number of hydrogen-bond donors (Lipinski definition) is 2. The highest BCUT2D eigenvalue weighted by Gasteiger charge is 2.33. The van der Waals surface area contributed by atoms with Gasteiger partial charge in [0.05, 0.1) is 10.5 Å². The van der Waals surface area contributed by atoms with Gasteiger partial charge in [-0.1, -0.05) is 25.8 Å². The summed E-state index contributed by atoms with van der Waals surface area (Å²) in [5.41, 5.74) is -0.763. The Hall–Kier alpha value is -2.13. The SMILES string of the molecule is CC1CCCC(O)(CNc2cccc(C#N)c2[N+](=O)[O-])C1. The summed E-state index contributed by atoms with van der Waals surface area (Å²) in [7, 11) is 0. The molecule has 0 aliphatic heterocycles. The average molecular weight is 289 g/mol. The molecule has 0 radical (unpaired) electrons. The second-order valence-corrected chi connectivity index (χ2v) is 5.85. The first-order valence-electron chi connectivity index (χ1n) is 7.09. The lowest BCUT2D eigenvalue weighted by atomic mass is 9.79. The smallest absolute Gasteiger partial charge is 0.309 e. The normalized spacial score (nSPS) is 25.1. The van der Waals surface area contributed by atoms with Gasteiger partial charge in [-0.3, -0.25) is 10.1 Å². The number of rotatable bonds is 4. The summed E-state index contributed by atoms with van der Waals surface area (Å²) in [6.45, 7) is 2.36. The summed E-state index contributed by atoms with van der Waals surface area (Å²) in [5.74, 6) is 0.450. The molecule has 6 heteroatoms. The van der Waals surface area contributed by atoms with Crippen LogP contribution in [0.2, 0.25) is 0 Å². The molecule has 2 unspecified atom stereocenters. The molecule has 112 valence electrons. The van der Waals surface area contributed by atoms with Gasteiger partial charge in [0.25, 0.3) is 0 Å². The van der Waals surface area contributed by atoms with Crippen LogP contribution in [0.4, 0.5) is 11.4 Å². The molecule has 1 saturated carbocycles. The van der Waals surface area contributed by atoms with Gasteiger partial charge in [0, 0.05) is 6.54 Å². The fourth-order valence-electron chi connectivity index (χ4n) is 3.03. The highest BCUT2D eigenvalue weighted by atomic mass is 16.6. The Labute approximate surface area is 123 Å². The summed E-state index contributed by atoms with van der Waals surface area (Å²) in [5, 5.41) is 33.6. The third-order valence-electron chi connectivity index (χ3n) is 4.01. The van der Waals surface area contributed by atoms with Gasteiger partial charge in [-0.25, -0.2) is 0 Å². The molecule has 0 amide bonds. The zero-order valence-corrected chi connectivity index (χ0v) is 12.0. The molecule has 21 heavy (non-hydrogen) atoms. The molecular weight excluding hydrogens is 270 g/mol. The van der Waals surface area contributed by atoms with E-state index in [9.17, 15) is 15.2 Å². The summed E-state index contributed by atoms with van der Waals surface area (Å²) >= 11 is 0. The molecule has 1 aliphatic carbocycles. The van der Waals surface area contributed by atoms with E-state index < -0.39 is 10.5 Å². The zero-order valence-electron chi connectivity index (χ0n) is 12.0. The van der Waals surface area contributed by atoms with E-state index in [0.717, 1.165) is 12.8 Å². The number of benzene rings is 1. The van der Waals surface area contributed by atoms with Crippen LogP contribution in [-0.2, 0) is 0 Å². The number of nitriles is 1. The topological polar surface area (TPSA) is 99.2 Å². The minimum atomic E-state index is -0.839. The number of nitrogens with zero attached hydrogens (tertiary/aromatic N) is 2. The molecular formula is C15H19N3O3. The molecule has 1 aromatic rings. The molecule has 1 aliphatic rings. The highest BCUT2D eigenvalue weighted by molar-refractivity contribution is 5.68. The van der Waals surface area contributed by atoms with Gasteiger partial charge >= 0.3 is 5.69 Å². The number of para-hydroxylation sites is 1. The van der Waals surface area contributed by atoms with Crippen molar-refractivity contribution < 1.29 is 10.0 Å². The molecule has 0 spiro atoms. The molecule has 1 fully saturated rings.